The molecule has 1 amide bonds. The maximum Gasteiger partial charge on any atom is 0.404 e. The summed E-state index contributed by atoms with van der Waals surface area (Å²) < 4.78 is 2.10. The summed E-state index contributed by atoms with van der Waals surface area (Å²) in [6.07, 6.45) is -0.585. The minimum absolute atomic E-state index is 0.364. The highest BCUT2D eigenvalue weighted by Gasteiger charge is 2.24. The molecule has 0 aliphatic heterocycles. The van der Waals surface area contributed by atoms with Crippen molar-refractivity contribution in [2.45, 2.75) is 36.8 Å². The van der Waals surface area contributed by atoms with Gasteiger partial charge in [-0.3, -0.25) is 0 Å². The van der Waals surface area contributed by atoms with Gasteiger partial charge in [-0.05, 0) is 48.6 Å². The van der Waals surface area contributed by atoms with E-state index in [-0.39, 0.29) is 0 Å². The SMILES string of the molecule is CCCN(CC(O)C(Cc1ccccc1)NC(=O)O)Sc1cccc(N(C)C)c1. The van der Waals surface area contributed by atoms with E-state index in [9.17, 15) is 15.0 Å². The maximum absolute atomic E-state index is 11.3. The molecule has 2 aromatic carbocycles. The van der Waals surface area contributed by atoms with Gasteiger partial charge in [0.15, 0.2) is 0 Å². The van der Waals surface area contributed by atoms with Gasteiger partial charge in [-0.1, -0.05) is 43.3 Å². The molecule has 0 aliphatic rings. The lowest BCUT2D eigenvalue weighted by Gasteiger charge is -2.29. The third-order valence-corrected chi connectivity index (χ3v) is 5.56. The molecule has 2 aromatic rings. The highest BCUT2D eigenvalue weighted by Crippen LogP contribution is 2.27. The topological polar surface area (TPSA) is 76.0 Å². The molecule has 0 aromatic heterocycles. The molecular weight excluding hydrogens is 386 g/mol. The number of nitrogens with zero attached hydrogens (tertiary/aromatic N) is 2. The quantitative estimate of drug-likeness (QED) is 0.484. The number of aliphatic hydroxyl groups is 1. The first-order valence-electron chi connectivity index (χ1n) is 9.80. The van der Waals surface area contributed by atoms with E-state index in [1.807, 2.05) is 56.6 Å². The number of amides is 1. The lowest BCUT2D eigenvalue weighted by atomic mass is 10.0. The molecule has 0 saturated carbocycles. The number of hydrogen-bond acceptors (Lipinski definition) is 5. The van der Waals surface area contributed by atoms with Gasteiger partial charge in [0.1, 0.15) is 0 Å². The Kier molecular flexibility index (Phi) is 9.31. The molecule has 6 nitrogen and oxygen atoms in total. The van der Waals surface area contributed by atoms with Gasteiger partial charge in [-0.2, -0.15) is 0 Å². The summed E-state index contributed by atoms with van der Waals surface area (Å²) in [7, 11) is 4.01. The molecule has 0 fully saturated rings. The van der Waals surface area contributed by atoms with Gasteiger partial charge >= 0.3 is 6.09 Å². The predicted octanol–water partition coefficient (Wildman–Crippen LogP) is 3.71. The molecule has 158 valence electrons. The van der Waals surface area contributed by atoms with E-state index in [4.69, 9.17) is 0 Å². The summed E-state index contributed by atoms with van der Waals surface area (Å²) in [5, 5.41) is 22.6. The summed E-state index contributed by atoms with van der Waals surface area (Å²) in [5.41, 5.74) is 2.10. The highest BCUT2D eigenvalue weighted by molar-refractivity contribution is 7.97. The zero-order valence-corrected chi connectivity index (χ0v) is 18.1. The van der Waals surface area contributed by atoms with Gasteiger partial charge < -0.3 is 20.4 Å². The van der Waals surface area contributed by atoms with Crippen LogP contribution in [0.1, 0.15) is 18.9 Å². The molecule has 3 N–H and O–H groups in total. The Bertz CT molecular complexity index is 758. The van der Waals surface area contributed by atoms with E-state index in [2.05, 4.69) is 33.6 Å². The molecule has 0 saturated heterocycles. The molecule has 0 spiro atoms. The first-order chi connectivity index (χ1) is 13.9. The van der Waals surface area contributed by atoms with Crippen LogP contribution in [0.25, 0.3) is 0 Å². The normalized spacial score (nSPS) is 13.1. The van der Waals surface area contributed by atoms with Crippen LogP contribution in [0.15, 0.2) is 59.5 Å². The van der Waals surface area contributed by atoms with Gasteiger partial charge in [-0.15, -0.1) is 0 Å². The largest absolute Gasteiger partial charge is 0.465 e. The Morgan fingerprint density at radius 2 is 1.86 bits per heavy atom. The van der Waals surface area contributed by atoms with Crippen LogP contribution in [-0.2, 0) is 6.42 Å². The van der Waals surface area contributed by atoms with E-state index in [0.717, 1.165) is 29.1 Å². The predicted molar refractivity (Wildman–Crippen MR) is 120 cm³/mol. The van der Waals surface area contributed by atoms with Crippen molar-refractivity contribution in [1.82, 2.24) is 9.62 Å². The van der Waals surface area contributed by atoms with Crippen molar-refractivity contribution in [2.24, 2.45) is 0 Å². The monoisotopic (exact) mass is 417 g/mol. The van der Waals surface area contributed by atoms with Gasteiger partial charge in [0.2, 0.25) is 0 Å². The van der Waals surface area contributed by atoms with Gasteiger partial charge in [0.25, 0.3) is 0 Å². The second-order valence-corrected chi connectivity index (χ2v) is 8.35. The van der Waals surface area contributed by atoms with E-state index >= 15 is 0 Å². The summed E-state index contributed by atoms with van der Waals surface area (Å²) in [6.45, 7) is 3.24. The van der Waals surface area contributed by atoms with Crippen LogP contribution in [0.4, 0.5) is 10.5 Å². The Labute approximate surface area is 177 Å². The zero-order chi connectivity index (χ0) is 21.2. The molecule has 2 rings (SSSR count). The fourth-order valence-electron chi connectivity index (χ4n) is 3.04. The van der Waals surface area contributed by atoms with Crippen molar-refractivity contribution >= 4 is 23.7 Å². The number of hydrogen-bond donors (Lipinski definition) is 3. The smallest absolute Gasteiger partial charge is 0.404 e. The third-order valence-electron chi connectivity index (χ3n) is 4.50. The lowest BCUT2D eigenvalue weighted by molar-refractivity contribution is 0.103. The van der Waals surface area contributed by atoms with Crippen LogP contribution in [0.3, 0.4) is 0 Å². The van der Waals surface area contributed by atoms with Crippen molar-refractivity contribution in [2.75, 3.05) is 32.1 Å². The van der Waals surface area contributed by atoms with E-state index in [1.54, 1.807) is 11.9 Å². The van der Waals surface area contributed by atoms with Gasteiger partial charge in [-0.25, -0.2) is 9.10 Å². The second kappa shape index (κ2) is 11.7. The van der Waals surface area contributed by atoms with E-state index in [1.165, 1.54) is 0 Å². The first kappa shape index (κ1) is 23.1. The fourth-order valence-corrected chi connectivity index (χ4v) is 4.15. The minimum atomic E-state index is -1.13. The van der Waals surface area contributed by atoms with E-state index in [0.29, 0.717) is 13.0 Å². The van der Waals surface area contributed by atoms with Crippen LogP contribution in [-0.4, -0.2) is 59.9 Å². The average molecular weight is 418 g/mol. The second-order valence-electron chi connectivity index (χ2n) is 7.18. The number of carboxylic acid groups (broad SMARTS) is 1. The van der Waals surface area contributed by atoms with Gasteiger partial charge in [0.05, 0.1) is 12.1 Å². The number of aliphatic hydroxyl groups excluding tert-OH is 1. The number of rotatable bonds is 11. The molecule has 2 unspecified atom stereocenters. The summed E-state index contributed by atoms with van der Waals surface area (Å²) in [4.78, 5) is 14.4. The lowest BCUT2D eigenvalue weighted by Crippen LogP contribution is -2.48. The standard InChI is InChI=1S/C22H31N3O3S/c1-4-13-25(29-19-12-8-11-18(15-19)24(2)3)16-21(26)20(23-22(27)28)14-17-9-6-5-7-10-17/h5-12,15,20-21,23,26H,4,13-14,16H2,1-3H3,(H,27,28). The molecule has 2 atom stereocenters. The van der Waals surface area contributed by atoms with Gasteiger partial charge in [0, 0.05) is 37.8 Å². The van der Waals surface area contributed by atoms with E-state index < -0.39 is 18.2 Å². The molecule has 29 heavy (non-hydrogen) atoms. The summed E-state index contributed by atoms with van der Waals surface area (Å²) >= 11 is 1.59. The number of anilines is 1. The molecule has 0 bridgehead atoms. The number of benzene rings is 2. The molecule has 0 radical (unpaired) electrons. The molecule has 0 aliphatic carbocycles. The van der Waals surface area contributed by atoms with Crippen LogP contribution in [0.2, 0.25) is 0 Å². The van der Waals surface area contributed by atoms with Crippen molar-refractivity contribution in [3.05, 3.63) is 60.2 Å². The number of carbonyl (C=O) groups is 1. The van der Waals surface area contributed by atoms with Crippen molar-refractivity contribution < 1.29 is 15.0 Å². The molecule has 7 heteroatoms. The Morgan fingerprint density at radius 3 is 2.48 bits per heavy atom. The fraction of sp³-hybridized carbons (Fsp3) is 0.409. The van der Waals surface area contributed by atoms with Crippen molar-refractivity contribution in [1.29, 1.82) is 0 Å². The minimum Gasteiger partial charge on any atom is -0.465 e. The van der Waals surface area contributed by atoms with Crippen molar-refractivity contribution in [3.8, 4) is 0 Å². The van der Waals surface area contributed by atoms with Crippen molar-refractivity contribution in [3.63, 3.8) is 0 Å². The Morgan fingerprint density at radius 1 is 1.14 bits per heavy atom. The Balaban J connectivity index is 2.09. The van der Waals surface area contributed by atoms with Crippen LogP contribution in [0, 0.1) is 0 Å². The maximum atomic E-state index is 11.3. The Hall–Kier alpha value is -2.22. The number of nitrogens with one attached hydrogen (secondary N) is 1. The van der Waals surface area contributed by atoms with Crippen LogP contribution in [0.5, 0.6) is 0 Å². The molecule has 0 heterocycles. The average Bonchev–Trinajstić information content (AvgIpc) is 2.68. The zero-order valence-electron chi connectivity index (χ0n) is 17.3. The third kappa shape index (κ3) is 7.97. The first-order valence-corrected chi connectivity index (χ1v) is 10.6. The van der Waals surface area contributed by atoms with Crippen LogP contribution >= 0.6 is 11.9 Å². The van der Waals surface area contributed by atoms with Crippen LogP contribution < -0.4 is 10.2 Å². The summed E-state index contributed by atoms with van der Waals surface area (Å²) in [5.74, 6) is 0. The summed E-state index contributed by atoms with van der Waals surface area (Å²) in [6, 6.07) is 17.3. The highest BCUT2D eigenvalue weighted by atomic mass is 32.2. The molecular formula is C22H31N3O3S.